The zero-order valence-electron chi connectivity index (χ0n) is 15.8. The van der Waals surface area contributed by atoms with Crippen molar-refractivity contribution in [2.75, 3.05) is 36.0 Å². The molecule has 1 amide bonds. The van der Waals surface area contributed by atoms with E-state index in [0.717, 1.165) is 31.6 Å². The third-order valence-electron chi connectivity index (χ3n) is 5.38. The predicted octanol–water partition coefficient (Wildman–Crippen LogP) is 1.67. The van der Waals surface area contributed by atoms with Crippen LogP contribution in [0.4, 0.5) is 5.95 Å². The van der Waals surface area contributed by atoms with Crippen molar-refractivity contribution in [3.8, 4) is 0 Å². The van der Waals surface area contributed by atoms with Crippen LogP contribution in [0.25, 0.3) is 0 Å². The van der Waals surface area contributed by atoms with Gasteiger partial charge in [0.15, 0.2) is 9.84 Å². The van der Waals surface area contributed by atoms with Crippen molar-refractivity contribution >= 4 is 21.7 Å². The number of carbonyl (C=O) groups is 1. The number of carbonyl (C=O) groups excluding carboxylic acids is 1. The zero-order chi connectivity index (χ0) is 18.9. The molecule has 8 heteroatoms. The van der Waals surface area contributed by atoms with Crippen molar-refractivity contribution in [2.24, 2.45) is 5.92 Å². The molecule has 1 aromatic heterocycles. The topological polar surface area (TPSA) is 83.5 Å². The molecule has 0 bridgehead atoms. The highest BCUT2D eigenvalue weighted by atomic mass is 32.2. The zero-order valence-corrected chi connectivity index (χ0v) is 16.6. The Labute approximate surface area is 155 Å². The van der Waals surface area contributed by atoms with Gasteiger partial charge in [-0.3, -0.25) is 4.79 Å². The van der Waals surface area contributed by atoms with Crippen LogP contribution in [-0.2, 0) is 9.84 Å². The third-order valence-corrected chi connectivity index (χ3v) is 7.13. The molecule has 0 spiro atoms. The number of amides is 1. The number of anilines is 1. The molecule has 1 unspecified atom stereocenters. The van der Waals surface area contributed by atoms with E-state index >= 15 is 0 Å². The maximum absolute atomic E-state index is 12.9. The highest BCUT2D eigenvalue weighted by Gasteiger charge is 2.33. The van der Waals surface area contributed by atoms with Gasteiger partial charge in [-0.1, -0.05) is 6.92 Å². The first kappa shape index (κ1) is 19.1. The second-order valence-corrected chi connectivity index (χ2v) is 9.74. The van der Waals surface area contributed by atoms with Crippen molar-refractivity contribution in [1.29, 1.82) is 0 Å². The van der Waals surface area contributed by atoms with Gasteiger partial charge in [0.25, 0.3) is 5.91 Å². The molecule has 2 fully saturated rings. The average Bonchev–Trinajstić information content (AvgIpc) is 2.95. The number of rotatable bonds is 4. The van der Waals surface area contributed by atoms with Crippen molar-refractivity contribution in [3.63, 3.8) is 0 Å². The summed E-state index contributed by atoms with van der Waals surface area (Å²) in [7, 11) is -2.99. The molecule has 0 aliphatic carbocycles. The van der Waals surface area contributed by atoms with E-state index in [1.807, 2.05) is 23.6 Å². The molecule has 3 heterocycles. The summed E-state index contributed by atoms with van der Waals surface area (Å²) in [5, 5.41) is 0. The van der Waals surface area contributed by atoms with Gasteiger partial charge in [-0.25, -0.2) is 18.4 Å². The minimum atomic E-state index is -2.99. The lowest BCUT2D eigenvalue weighted by Crippen LogP contribution is -2.40. The fraction of sp³-hybridized carbons (Fsp3) is 0.722. The molecule has 0 N–H and O–H groups in total. The lowest BCUT2D eigenvalue weighted by Gasteiger charge is -2.31. The van der Waals surface area contributed by atoms with Crippen LogP contribution in [0.3, 0.4) is 0 Å². The summed E-state index contributed by atoms with van der Waals surface area (Å²) in [5.74, 6) is 1.40. The molecule has 3 rings (SSSR count). The third kappa shape index (κ3) is 4.16. The Balaban J connectivity index is 1.83. The van der Waals surface area contributed by atoms with Crippen LogP contribution < -0.4 is 4.90 Å². The van der Waals surface area contributed by atoms with E-state index in [1.165, 1.54) is 0 Å². The van der Waals surface area contributed by atoms with Gasteiger partial charge in [-0.15, -0.1) is 0 Å². The van der Waals surface area contributed by atoms with E-state index in [9.17, 15) is 13.2 Å². The molecule has 0 saturated carbocycles. The molecule has 0 radical (unpaired) electrons. The summed E-state index contributed by atoms with van der Waals surface area (Å²) in [5.41, 5.74) is 1.13. The van der Waals surface area contributed by atoms with E-state index < -0.39 is 9.84 Å². The minimum Gasteiger partial charge on any atom is -0.337 e. The van der Waals surface area contributed by atoms with Crippen LogP contribution in [0.2, 0.25) is 0 Å². The average molecular weight is 381 g/mol. The molecule has 144 valence electrons. The molecule has 0 aromatic carbocycles. The van der Waals surface area contributed by atoms with Crippen LogP contribution in [0.5, 0.6) is 0 Å². The fourth-order valence-electron chi connectivity index (χ4n) is 3.75. The van der Waals surface area contributed by atoms with Crippen molar-refractivity contribution in [2.45, 2.75) is 46.1 Å². The second-order valence-electron chi connectivity index (χ2n) is 7.51. The number of aryl methyl sites for hydroxylation is 1. The SMILES string of the molecule is CCN(c1nc(C)cc(C(=O)N2CCC(C)CC2)n1)C1CCS(=O)(=O)C1. The van der Waals surface area contributed by atoms with Crippen LogP contribution >= 0.6 is 0 Å². The first-order valence-corrected chi connectivity index (χ1v) is 11.2. The maximum Gasteiger partial charge on any atom is 0.272 e. The monoisotopic (exact) mass is 380 g/mol. The lowest BCUT2D eigenvalue weighted by molar-refractivity contribution is 0.0691. The Morgan fingerprint density at radius 2 is 1.96 bits per heavy atom. The second kappa shape index (κ2) is 7.50. The molecule has 26 heavy (non-hydrogen) atoms. The summed E-state index contributed by atoms with van der Waals surface area (Å²) in [6, 6.07) is 1.61. The standard InChI is InChI=1S/C18H28N4O3S/c1-4-22(15-7-10-26(24,25)12-15)18-19-14(3)11-16(20-18)17(23)21-8-5-13(2)6-9-21/h11,13,15H,4-10,12H2,1-3H3. The summed E-state index contributed by atoms with van der Waals surface area (Å²) in [6.07, 6.45) is 2.62. The van der Waals surface area contributed by atoms with Crippen LogP contribution in [0.15, 0.2) is 6.07 Å². The van der Waals surface area contributed by atoms with E-state index in [2.05, 4.69) is 16.9 Å². The number of piperidine rings is 1. The highest BCUT2D eigenvalue weighted by Crippen LogP contribution is 2.23. The van der Waals surface area contributed by atoms with Gasteiger partial charge in [0.1, 0.15) is 5.69 Å². The normalized spacial score (nSPS) is 23.2. The molecule has 7 nitrogen and oxygen atoms in total. The Hall–Kier alpha value is -1.70. The molecular weight excluding hydrogens is 352 g/mol. The smallest absolute Gasteiger partial charge is 0.272 e. The first-order chi connectivity index (χ1) is 12.3. The van der Waals surface area contributed by atoms with Crippen molar-refractivity contribution < 1.29 is 13.2 Å². The summed E-state index contributed by atoms with van der Waals surface area (Å²) in [6.45, 7) is 8.15. The largest absolute Gasteiger partial charge is 0.337 e. The van der Waals surface area contributed by atoms with Crippen molar-refractivity contribution in [3.05, 3.63) is 17.5 Å². The van der Waals surface area contributed by atoms with Crippen molar-refractivity contribution in [1.82, 2.24) is 14.9 Å². The van der Waals surface area contributed by atoms with Gasteiger partial charge in [-0.2, -0.15) is 0 Å². The Morgan fingerprint density at radius 1 is 1.27 bits per heavy atom. The molecule has 2 saturated heterocycles. The number of sulfone groups is 1. The number of hydrogen-bond donors (Lipinski definition) is 0. The molecule has 1 aromatic rings. The number of nitrogens with zero attached hydrogens (tertiary/aromatic N) is 4. The van der Waals surface area contributed by atoms with Gasteiger partial charge < -0.3 is 9.80 Å². The Morgan fingerprint density at radius 3 is 2.54 bits per heavy atom. The van der Waals surface area contributed by atoms with Gasteiger partial charge in [-0.05, 0) is 45.1 Å². The Kier molecular flexibility index (Phi) is 5.50. The van der Waals surface area contributed by atoms with Gasteiger partial charge in [0.05, 0.1) is 11.5 Å². The number of likely N-dealkylation sites (tertiary alicyclic amines) is 1. The van der Waals surface area contributed by atoms with Crippen LogP contribution in [-0.4, -0.2) is 66.4 Å². The van der Waals surface area contributed by atoms with Crippen LogP contribution in [0.1, 0.15) is 49.3 Å². The first-order valence-electron chi connectivity index (χ1n) is 9.41. The van der Waals surface area contributed by atoms with Crippen LogP contribution in [0, 0.1) is 12.8 Å². The molecule has 2 aliphatic rings. The maximum atomic E-state index is 12.9. The Bertz CT molecular complexity index is 773. The molecule has 1 atom stereocenters. The number of aromatic nitrogens is 2. The van der Waals surface area contributed by atoms with Gasteiger partial charge in [0, 0.05) is 31.4 Å². The van der Waals surface area contributed by atoms with E-state index in [4.69, 9.17) is 0 Å². The number of hydrogen-bond acceptors (Lipinski definition) is 6. The van der Waals surface area contributed by atoms with Gasteiger partial charge in [0.2, 0.25) is 5.95 Å². The molecular formula is C18H28N4O3S. The summed E-state index contributed by atoms with van der Waals surface area (Å²) < 4.78 is 23.7. The fourth-order valence-corrected chi connectivity index (χ4v) is 5.48. The summed E-state index contributed by atoms with van der Waals surface area (Å²) >= 11 is 0. The minimum absolute atomic E-state index is 0.0567. The van der Waals surface area contributed by atoms with Gasteiger partial charge >= 0.3 is 0 Å². The van der Waals surface area contributed by atoms with E-state index in [-0.39, 0.29) is 23.5 Å². The highest BCUT2D eigenvalue weighted by molar-refractivity contribution is 7.91. The molecule has 2 aliphatic heterocycles. The predicted molar refractivity (Wildman–Crippen MR) is 101 cm³/mol. The lowest BCUT2D eigenvalue weighted by atomic mass is 9.99. The summed E-state index contributed by atoms with van der Waals surface area (Å²) in [4.78, 5) is 25.7. The van der Waals surface area contributed by atoms with E-state index in [0.29, 0.717) is 30.5 Å². The quantitative estimate of drug-likeness (QED) is 0.790. The van der Waals surface area contributed by atoms with E-state index in [1.54, 1.807) is 6.07 Å².